The topological polar surface area (TPSA) is 319 Å². The highest BCUT2D eigenvalue weighted by atomic mass is 79.9. The minimum atomic E-state index is -0.821. The lowest BCUT2D eigenvalue weighted by Crippen LogP contribution is -2.38. The van der Waals surface area contributed by atoms with E-state index in [1.54, 1.807) is 70.1 Å². The van der Waals surface area contributed by atoms with Gasteiger partial charge in [0.2, 0.25) is 11.6 Å². The van der Waals surface area contributed by atoms with Crippen LogP contribution in [0.5, 0.6) is 0 Å². The highest BCUT2D eigenvalue weighted by Gasteiger charge is 2.34. The van der Waals surface area contributed by atoms with Gasteiger partial charge in [0.1, 0.15) is 16.8 Å². The molecule has 2 saturated heterocycles. The Labute approximate surface area is 561 Å². The molecule has 6 heterocycles. The molecule has 7 amide bonds. The summed E-state index contributed by atoms with van der Waals surface area (Å²) in [6, 6.07) is 29.1. The summed E-state index contributed by atoms with van der Waals surface area (Å²) in [5.41, 5.74) is 4.84. The molecule has 96 heavy (non-hydrogen) atoms. The Morgan fingerprint density at radius 3 is 1.33 bits per heavy atom. The fourth-order valence-corrected chi connectivity index (χ4v) is 9.88. The third kappa shape index (κ3) is 19.9. The van der Waals surface area contributed by atoms with Gasteiger partial charge in [-0.2, -0.15) is 5.06 Å². The van der Waals surface area contributed by atoms with E-state index in [4.69, 9.17) is 24.3 Å². The number of hydroxylamine groups is 4. The predicted octanol–water partition coefficient (Wildman–Crippen LogP) is 11.4. The maximum Gasteiger partial charge on any atom is 0.410 e. The Hall–Kier alpha value is -10.3. The third-order valence-electron chi connectivity index (χ3n) is 14.3. The summed E-state index contributed by atoms with van der Waals surface area (Å²) in [6.45, 7) is 20.4. The first-order valence-corrected chi connectivity index (χ1v) is 31.9. The third-order valence-corrected chi connectivity index (χ3v) is 14.9. The maximum absolute atomic E-state index is 13.0. The molecule has 2 fully saturated rings. The van der Waals surface area contributed by atoms with Crippen molar-refractivity contribution in [3.8, 4) is 44.8 Å². The molecule has 0 radical (unpaired) electrons. The summed E-state index contributed by atoms with van der Waals surface area (Å²) in [7, 11) is 0. The van der Waals surface area contributed by atoms with E-state index in [0.29, 0.717) is 83.7 Å². The van der Waals surface area contributed by atoms with Crippen LogP contribution in [0.2, 0.25) is 0 Å². The number of fused-ring (bicyclic) bond motifs is 2. The molecule has 8 aromatic rings. The monoisotopic (exact) mass is 1380 g/mol. The van der Waals surface area contributed by atoms with Gasteiger partial charge >= 0.3 is 24.2 Å². The summed E-state index contributed by atoms with van der Waals surface area (Å²) in [4.78, 5) is 143. The molecule has 4 aromatic heterocycles. The number of amides is 7. The lowest BCUT2D eigenvalue weighted by atomic mass is 10.1. The average molecular weight is 1380 g/mol. The molecule has 0 atom stereocenters. The molecule has 10 rings (SSSR count). The number of hydrogen-bond donors (Lipinski definition) is 4. The van der Waals surface area contributed by atoms with Gasteiger partial charge in [-0.3, -0.25) is 52.7 Å². The second-order valence-corrected chi connectivity index (χ2v) is 26.6. The Balaban J connectivity index is 0.000000220. The van der Waals surface area contributed by atoms with E-state index in [-0.39, 0.29) is 53.5 Å². The van der Waals surface area contributed by atoms with Crippen LogP contribution in [-0.2, 0) is 51.3 Å². The Morgan fingerprint density at radius 2 is 0.938 bits per heavy atom. The number of halogens is 1. The summed E-state index contributed by atoms with van der Waals surface area (Å²) in [5, 5.41) is 11.8. The smallest absolute Gasteiger partial charge is 0.410 e. The number of rotatable bonds is 17. The van der Waals surface area contributed by atoms with Gasteiger partial charge in [0.25, 0.3) is 34.7 Å². The maximum atomic E-state index is 13.0. The number of carbonyl (C=O) groups is 8. The number of ether oxygens (including phenoxy) is 3. The molecule has 27 heteroatoms. The van der Waals surface area contributed by atoms with Crippen molar-refractivity contribution >= 4 is 75.4 Å². The summed E-state index contributed by atoms with van der Waals surface area (Å²) < 4.78 is 21.0. The largest absolute Gasteiger partial charge is 0.444 e. The highest BCUT2D eigenvalue weighted by Crippen LogP contribution is 2.26. The van der Waals surface area contributed by atoms with Crippen molar-refractivity contribution in [1.29, 1.82) is 0 Å². The number of alkyl carbamates (subject to hydrolysis) is 1. The van der Waals surface area contributed by atoms with E-state index in [2.05, 4.69) is 48.1 Å². The van der Waals surface area contributed by atoms with Crippen molar-refractivity contribution in [2.75, 3.05) is 19.6 Å². The zero-order valence-electron chi connectivity index (χ0n) is 55.2. The normalized spacial score (nSPS) is 13.2. The van der Waals surface area contributed by atoms with Crippen molar-refractivity contribution in [2.45, 2.75) is 144 Å². The van der Waals surface area contributed by atoms with Gasteiger partial charge in [0.05, 0.1) is 28.1 Å². The van der Waals surface area contributed by atoms with Crippen LogP contribution in [0.3, 0.4) is 0 Å². The van der Waals surface area contributed by atoms with Gasteiger partial charge in [0.15, 0.2) is 0 Å². The van der Waals surface area contributed by atoms with E-state index in [9.17, 15) is 47.9 Å². The number of aromatic nitrogens is 6. The summed E-state index contributed by atoms with van der Waals surface area (Å²) in [5.74, 6) is -2.13. The number of nitrogens with zero attached hydrogens (tertiary/aromatic N) is 8. The number of benzene rings is 4. The van der Waals surface area contributed by atoms with Crippen molar-refractivity contribution in [1.82, 2.24) is 54.0 Å². The minimum Gasteiger partial charge on any atom is -0.444 e. The molecule has 0 bridgehead atoms. The molecule has 0 aliphatic carbocycles. The fraction of sp³-hybridized carbons (Fsp3) is 0.362. The second-order valence-electron chi connectivity index (χ2n) is 25.7. The molecule has 4 aromatic carbocycles. The molecule has 4 N–H and O–H groups in total. The van der Waals surface area contributed by atoms with Crippen molar-refractivity contribution in [2.24, 2.45) is 0 Å². The first-order valence-electron chi connectivity index (χ1n) is 31.1. The van der Waals surface area contributed by atoms with Crippen LogP contribution in [0.4, 0.5) is 14.4 Å². The Morgan fingerprint density at radius 1 is 0.542 bits per heavy atom. The molecule has 0 saturated carbocycles. The minimum absolute atomic E-state index is 0.0156. The van der Waals surface area contributed by atoms with Crippen LogP contribution >= 0.6 is 15.9 Å². The molecular formula is C69H78BrN11O15. The van der Waals surface area contributed by atoms with Gasteiger partial charge < -0.3 is 34.2 Å². The SMILES string of the molecule is CC(C)(C)OC(=O)NCCCN(Cc1ccc(-c2cn3cc(-c4ccc(Br)cc4)nc3[nH]c2=O)cc1)C(=O)OC(C)(C)C.CCCCN(Cc1ccc(-c2cn3cc(-c4ccc(C(=O)ON5C(=O)CCC5=O)cc4)nc3[nH]c2=O)cc1)C(=O)OC(C)(C)C.O=C1CCC(=O)N1O. The van der Waals surface area contributed by atoms with Crippen LogP contribution in [-0.4, -0.2) is 138 Å². The second kappa shape index (κ2) is 30.9. The molecule has 0 unspecified atom stereocenters. The van der Waals surface area contributed by atoms with E-state index in [1.807, 2.05) is 121 Å². The van der Waals surface area contributed by atoms with E-state index >= 15 is 0 Å². The lowest BCUT2D eigenvalue weighted by molar-refractivity contribution is -0.173. The lowest BCUT2D eigenvalue weighted by Gasteiger charge is -2.27. The number of nitrogens with one attached hydrogen (secondary N) is 3. The number of imide groups is 2. The van der Waals surface area contributed by atoms with Gasteiger partial charge in [-0.25, -0.2) is 29.1 Å². The van der Waals surface area contributed by atoms with Crippen LogP contribution in [0.25, 0.3) is 56.3 Å². The van der Waals surface area contributed by atoms with Crippen molar-refractivity contribution in [3.63, 3.8) is 0 Å². The predicted molar refractivity (Wildman–Crippen MR) is 357 cm³/mol. The van der Waals surface area contributed by atoms with Crippen LogP contribution in [0.15, 0.2) is 136 Å². The summed E-state index contributed by atoms with van der Waals surface area (Å²) >= 11 is 3.44. The number of H-pyrrole nitrogens is 2. The first kappa shape index (κ1) is 71.6. The Bertz CT molecular complexity index is 4240. The fourth-order valence-electron chi connectivity index (χ4n) is 9.61. The van der Waals surface area contributed by atoms with Gasteiger partial charge in [-0.05, 0) is 122 Å². The number of carbonyl (C=O) groups excluding carboxylic acids is 8. The highest BCUT2D eigenvalue weighted by molar-refractivity contribution is 9.10. The zero-order chi connectivity index (χ0) is 69.8. The standard InChI is InChI=1S/C33H35N5O7.C32H38BrN5O5.C4H5NO3/c1-5-6-17-36(32(43)44-33(2,3)4)18-21-7-9-22(10-8-21)25-19-37-20-26(34-31(37)35-29(25)41)23-11-13-24(14-12-23)30(42)45-38-27(39)15-16-28(38)40;1-31(2,3)42-29(40)34-16-7-17-37(30(41)43-32(4,5)6)18-21-8-10-22(11-9-21)25-19-38-20-26(35-28(38)36-27(25)39)23-12-14-24(33)15-13-23;6-3-1-2-4(7)5(3)8/h7-14,19-20H,5-6,15-18H2,1-4H3,(H,34,35,41);8-15,19-20H,7,16-18H2,1-6H3,(H,34,40)(H,35,36,39);8H,1-2H2. The molecule has 2 aliphatic heterocycles. The molecular weight excluding hydrogens is 1300 g/mol. The van der Waals surface area contributed by atoms with Crippen LogP contribution in [0, 0.1) is 0 Å². The van der Waals surface area contributed by atoms with Crippen LogP contribution in [0.1, 0.15) is 136 Å². The number of aromatic amines is 2. The zero-order valence-corrected chi connectivity index (χ0v) is 56.7. The van der Waals surface area contributed by atoms with Crippen molar-refractivity contribution < 1.29 is 62.6 Å². The molecule has 26 nitrogen and oxygen atoms in total. The summed E-state index contributed by atoms with van der Waals surface area (Å²) in [6.07, 6.45) is 8.44. The molecule has 506 valence electrons. The number of hydrogen-bond acceptors (Lipinski definition) is 17. The van der Waals surface area contributed by atoms with Gasteiger partial charge in [0, 0.05) is 98.8 Å². The van der Waals surface area contributed by atoms with E-state index < -0.39 is 58.6 Å². The average Bonchev–Trinajstić information content (AvgIpc) is 1.54. The van der Waals surface area contributed by atoms with E-state index in [1.165, 1.54) is 12.1 Å². The van der Waals surface area contributed by atoms with Gasteiger partial charge in [-0.1, -0.05) is 102 Å². The number of unbranched alkanes of at least 4 members (excludes halogenated alkanes) is 1. The Kier molecular flexibility index (Phi) is 23.0. The molecule has 2 aliphatic rings. The first-order chi connectivity index (χ1) is 45.3. The quantitative estimate of drug-likeness (QED) is 0.0285. The molecule has 0 spiro atoms. The van der Waals surface area contributed by atoms with Gasteiger partial charge in [-0.15, -0.1) is 5.06 Å². The van der Waals surface area contributed by atoms with Crippen LogP contribution < -0.4 is 16.4 Å². The van der Waals surface area contributed by atoms with Crippen molar-refractivity contribution in [3.05, 3.63) is 164 Å². The number of imidazole rings is 2. The van der Waals surface area contributed by atoms with E-state index in [0.717, 1.165) is 45.3 Å².